The average Bonchev–Trinajstić information content (AvgIpc) is 2.76. The van der Waals surface area contributed by atoms with Crippen LogP contribution in [0.2, 0.25) is 0 Å². The molecule has 1 saturated carbocycles. The first-order valence-electron chi connectivity index (χ1n) is 10.0. The SMILES string of the molecule is CCC(C)C(=O)C1C(=O)C(CCC(C)C)[C@](O)([C@@H](O)CCC(C)C)C1=O. The zero-order valence-corrected chi connectivity index (χ0v) is 17.1. The number of Topliss-reactive ketones (excluding diaryl/α,β-unsaturated/α-hetero) is 3. The van der Waals surface area contributed by atoms with Gasteiger partial charge >= 0.3 is 0 Å². The molecule has 0 aromatic heterocycles. The highest BCUT2D eigenvalue weighted by molar-refractivity contribution is 6.27. The Morgan fingerprint density at radius 2 is 1.58 bits per heavy atom. The van der Waals surface area contributed by atoms with Crippen molar-refractivity contribution in [3.63, 3.8) is 0 Å². The summed E-state index contributed by atoms with van der Waals surface area (Å²) in [5.74, 6) is -3.99. The van der Waals surface area contributed by atoms with Gasteiger partial charge in [0.25, 0.3) is 0 Å². The minimum Gasteiger partial charge on any atom is -0.390 e. The summed E-state index contributed by atoms with van der Waals surface area (Å²) in [5.41, 5.74) is -2.14. The number of hydrogen-bond acceptors (Lipinski definition) is 5. The van der Waals surface area contributed by atoms with Crippen molar-refractivity contribution in [3.05, 3.63) is 0 Å². The average molecular weight is 369 g/mol. The first-order valence-corrected chi connectivity index (χ1v) is 10.0. The van der Waals surface area contributed by atoms with E-state index in [0.717, 1.165) is 0 Å². The van der Waals surface area contributed by atoms with E-state index in [0.29, 0.717) is 37.5 Å². The molecule has 0 amide bonds. The first kappa shape index (κ1) is 23.0. The monoisotopic (exact) mass is 368 g/mol. The summed E-state index contributed by atoms with van der Waals surface area (Å²) in [7, 11) is 0. The van der Waals surface area contributed by atoms with Crippen molar-refractivity contribution in [2.75, 3.05) is 0 Å². The molecule has 2 N–H and O–H groups in total. The minimum absolute atomic E-state index is 0.232. The minimum atomic E-state index is -2.14. The lowest BCUT2D eigenvalue weighted by Crippen LogP contribution is -2.53. The molecule has 1 rings (SSSR count). The molecule has 5 nitrogen and oxygen atoms in total. The van der Waals surface area contributed by atoms with Gasteiger partial charge in [0.1, 0.15) is 5.92 Å². The largest absolute Gasteiger partial charge is 0.390 e. The molecule has 0 saturated heterocycles. The maximum Gasteiger partial charge on any atom is 0.185 e. The molecule has 1 aliphatic rings. The molecule has 0 aromatic rings. The number of ketones is 3. The zero-order chi connectivity index (χ0) is 20.2. The second kappa shape index (κ2) is 9.23. The van der Waals surface area contributed by atoms with Crippen LogP contribution in [0.25, 0.3) is 0 Å². The van der Waals surface area contributed by atoms with Gasteiger partial charge < -0.3 is 10.2 Å². The van der Waals surface area contributed by atoms with Gasteiger partial charge in [-0.15, -0.1) is 0 Å². The Balaban J connectivity index is 3.21. The molecule has 0 aliphatic heterocycles. The third-order valence-electron chi connectivity index (χ3n) is 5.76. The van der Waals surface area contributed by atoms with Crippen LogP contribution in [0.5, 0.6) is 0 Å². The summed E-state index contributed by atoms with van der Waals surface area (Å²) in [4.78, 5) is 38.5. The van der Waals surface area contributed by atoms with Gasteiger partial charge in [0, 0.05) is 5.92 Å². The topological polar surface area (TPSA) is 91.7 Å². The van der Waals surface area contributed by atoms with Crippen LogP contribution >= 0.6 is 0 Å². The fraction of sp³-hybridized carbons (Fsp3) is 0.857. The summed E-state index contributed by atoms with van der Waals surface area (Å²) in [5, 5.41) is 21.8. The molecule has 1 fully saturated rings. The molecule has 3 unspecified atom stereocenters. The van der Waals surface area contributed by atoms with Gasteiger partial charge in [-0.25, -0.2) is 0 Å². The van der Waals surface area contributed by atoms with Gasteiger partial charge in [0.2, 0.25) is 0 Å². The van der Waals surface area contributed by atoms with E-state index in [9.17, 15) is 24.6 Å². The Bertz CT molecular complexity index is 524. The van der Waals surface area contributed by atoms with Crippen LogP contribution in [-0.2, 0) is 14.4 Å². The molecule has 0 aromatic carbocycles. The number of aliphatic hydroxyl groups is 2. The van der Waals surface area contributed by atoms with Gasteiger partial charge in [-0.1, -0.05) is 48.0 Å². The van der Waals surface area contributed by atoms with Crippen molar-refractivity contribution < 1.29 is 24.6 Å². The number of rotatable bonds is 10. The lowest BCUT2D eigenvalue weighted by molar-refractivity contribution is -0.158. The Kier molecular flexibility index (Phi) is 8.15. The maximum absolute atomic E-state index is 13.0. The Hall–Kier alpha value is -1.07. The number of aliphatic hydroxyl groups excluding tert-OH is 1. The molecule has 26 heavy (non-hydrogen) atoms. The molecule has 0 radical (unpaired) electrons. The third kappa shape index (κ3) is 4.61. The fourth-order valence-corrected chi connectivity index (χ4v) is 3.68. The van der Waals surface area contributed by atoms with E-state index in [-0.39, 0.29) is 6.42 Å². The van der Waals surface area contributed by atoms with E-state index < -0.39 is 46.8 Å². The van der Waals surface area contributed by atoms with Crippen LogP contribution in [0, 0.1) is 29.6 Å². The van der Waals surface area contributed by atoms with Gasteiger partial charge in [0.15, 0.2) is 23.0 Å². The predicted octanol–water partition coefficient (Wildman–Crippen LogP) is 2.95. The predicted molar refractivity (Wildman–Crippen MR) is 101 cm³/mol. The van der Waals surface area contributed by atoms with E-state index >= 15 is 0 Å². The molecule has 5 atom stereocenters. The van der Waals surface area contributed by atoms with E-state index in [1.54, 1.807) is 6.92 Å². The summed E-state index contributed by atoms with van der Waals surface area (Å²) >= 11 is 0. The standard InChI is InChI=1S/C21H36O5/c1-7-14(6)18(23)17-19(24)15(10-8-12(2)3)21(26,20(17)25)16(22)11-9-13(4)5/h12-17,22,26H,7-11H2,1-6H3/t14?,15?,16-,17?,21-/m0/s1. The normalized spacial score (nSPS) is 28.8. The highest BCUT2D eigenvalue weighted by Crippen LogP contribution is 2.42. The van der Waals surface area contributed by atoms with E-state index in [4.69, 9.17) is 0 Å². The first-order chi connectivity index (χ1) is 12.0. The van der Waals surface area contributed by atoms with Gasteiger partial charge in [-0.3, -0.25) is 14.4 Å². The van der Waals surface area contributed by atoms with Crippen LogP contribution in [0.4, 0.5) is 0 Å². The fourth-order valence-electron chi connectivity index (χ4n) is 3.68. The van der Waals surface area contributed by atoms with Crippen LogP contribution in [-0.4, -0.2) is 39.3 Å². The van der Waals surface area contributed by atoms with Crippen LogP contribution in [0.15, 0.2) is 0 Å². The molecule has 0 spiro atoms. The summed E-state index contributed by atoms with van der Waals surface area (Å²) in [6.45, 7) is 11.5. The van der Waals surface area contributed by atoms with Gasteiger partial charge in [-0.2, -0.15) is 0 Å². The van der Waals surface area contributed by atoms with Gasteiger partial charge in [0.05, 0.1) is 12.0 Å². The number of hydrogen-bond donors (Lipinski definition) is 2. The zero-order valence-electron chi connectivity index (χ0n) is 17.1. The van der Waals surface area contributed by atoms with Crippen molar-refractivity contribution in [1.82, 2.24) is 0 Å². The quantitative estimate of drug-likeness (QED) is 0.579. The van der Waals surface area contributed by atoms with E-state index in [1.807, 2.05) is 34.6 Å². The smallest absolute Gasteiger partial charge is 0.185 e. The second-order valence-electron chi connectivity index (χ2n) is 8.75. The molecular weight excluding hydrogens is 332 g/mol. The second-order valence-corrected chi connectivity index (χ2v) is 8.75. The molecule has 0 heterocycles. The van der Waals surface area contributed by atoms with E-state index in [2.05, 4.69) is 0 Å². The van der Waals surface area contributed by atoms with Crippen molar-refractivity contribution in [2.24, 2.45) is 29.6 Å². The number of carbonyl (C=O) groups excluding carboxylic acids is 3. The Morgan fingerprint density at radius 1 is 1.04 bits per heavy atom. The van der Waals surface area contributed by atoms with Gasteiger partial charge in [-0.05, 0) is 37.5 Å². The maximum atomic E-state index is 13.0. The van der Waals surface area contributed by atoms with Crippen LogP contribution in [0.3, 0.4) is 0 Å². The van der Waals surface area contributed by atoms with Crippen molar-refractivity contribution in [2.45, 2.75) is 85.4 Å². The lowest BCUT2D eigenvalue weighted by atomic mass is 9.78. The molecule has 1 aliphatic carbocycles. The molecule has 0 bridgehead atoms. The highest BCUT2D eigenvalue weighted by Gasteiger charge is 2.64. The van der Waals surface area contributed by atoms with Crippen LogP contribution < -0.4 is 0 Å². The summed E-state index contributed by atoms with van der Waals surface area (Å²) in [6, 6.07) is 0. The third-order valence-corrected chi connectivity index (χ3v) is 5.76. The lowest BCUT2D eigenvalue weighted by Gasteiger charge is -2.33. The highest BCUT2D eigenvalue weighted by atomic mass is 16.4. The summed E-state index contributed by atoms with van der Waals surface area (Å²) < 4.78 is 0. The Morgan fingerprint density at radius 3 is 2.04 bits per heavy atom. The van der Waals surface area contributed by atoms with Crippen molar-refractivity contribution in [1.29, 1.82) is 0 Å². The molecule has 150 valence electrons. The van der Waals surface area contributed by atoms with Crippen molar-refractivity contribution >= 4 is 17.3 Å². The van der Waals surface area contributed by atoms with E-state index in [1.165, 1.54) is 0 Å². The summed E-state index contributed by atoms with van der Waals surface area (Å²) in [6.07, 6.45) is 1.02. The van der Waals surface area contributed by atoms with Crippen LogP contribution in [0.1, 0.15) is 73.6 Å². The molecule has 5 heteroatoms. The Labute approximate surface area is 157 Å². The number of carbonyl (C=O) groups is 3. The molecular formula is C21H36O5. The van der Waals surface area contributed by atoms with Crippen molar-refractivity contribution in [3.8, 4) is 0 Å².